The lowest BCUT2D eigenvalue weighted by atomic mass is 9.99. The molecule has 8 nitrogen and oxygen atoms in total. The molecule has 0 fully saturated rings. The average Bonchev–Trinajstić information content (AvgIpc) is 2.90. The minimum Gasteiger partial charge on any atom is -0.472 e. The first-order chi connectivity index (χ1) is 17.3. The molecule has 0 saturated heterocycles. The monoisotopic (exact) mass is 492 g/mol. The van der Waals surface area contributed by atoms with Crippen LogP contribution < -0.4 is 4.74 Å². The zero-order valence-electron chi connectivity index (χ0n) is 20.5. The highest BCUT2D eigenvalue weighted by atomic mass is 19.1. The van der Waals surface area contributed by atoms with Crippen molar-refractivity contribution in [2.75, 3.05) is 26.7 Å². The van der Waals surface area contributed by atoms with E-state index in [9.17, 15) is 19.1 Å². The van der Waals surface area contributed by atoms with Crippen LogP contribution in [0.2, 0.25) is 0 Å². The van der Waals surface area contributed by atoms with Crippen molar-refractivity contribution in [2.24, 2.45) is 5.92 Å². The summed E-state index contributed by atoms with van der Waals surface area (Å²) in [6.45, 7) is 4.10. The standard InChI is InChI=1S/C27H29FN4O4/c1-17-14-32(18(2)16-33)27(35)23-12-21(19-4-6-22(28)7-5-19)13-30-25(23)36-24(17)15-31(3)26(34)20-8-10-29-11-9-20/h4-13,17-18,24,33H,14-16H2,1-3H3/t17-,18-,24-/m0/s1. The third-order valence-corrected chi connectivity index (χ3v) is 6.43. The fourth-order valence-electron chi connectivity index (χ4n) is 4.19. The summed E-state index contributed by atoms with van der Waals surface area (Å²) in [5.41, 5.74) is 2.10. The molecular formula is C27H29FN4O4. The van der Waals surface area contributed by atoms with Gasteiger partial charge in [-0.2, -0.15) is 0 Å². The zero-order valence-corrected chi connectivity index (χ0v) is 20.5. The molecule has 0 saturated carbocycles. The smallest absolute Gasteiger partial charge is 0.259 e. The van der Waals surface area contributed by atoms with Gasteiger partial charge in [0, 0.05) is 49.2 Å². The number of halogens is 1. The summed E-state index contributed by atoms with van der Waals surface area (Å²) in [7, 11) is 1.70. The molecule has 0 radical (unpaired) electrons. The van der Waals surface area contributed by atoms with Crippen molar-refractivity contribution >= 4 is 11.8 Å². The van der Waals surface area contributed by atoms with Crippen molar-refractivity contribution < 1.29 is 23.8 Å². The quantitative estimate of drug-likeness (QED) is 0.568. The fraction of sp³-hybridized carbons (Fsp3) is 0.333. The summed E-state index contributed by atoms with van der Waals surface area (Å²) >= 11 is 0. The Balaban J connectivity index is 1.68. The van der Waals surface area contributed by atoms with Gasteiger partial charge in [-0.3, -0.25) is 14.6 Å². The molecule has 4 rings (SSSR count). The number of hydrogen-bond donors (Lipinski definition) is 1. The van der Waals surface area contributed by atoms with Gasteiger partial charge in [-0.1, -0.05) is 19.1 Å². The van der Waals surface area contributed by atoms with Crippen LogP contribution in [0.5, 0.6) is 5.88 Å². The topological polar surface area (TPSA) is 95.9 Å². The van der Waals surface area contributed by atoms with E-state index >= 15 is 0 Å². The minimum absolute atomic E-state index is 0.155. The van der Waals surface area contributed by atoms with E-state index in [1.54, 1.807) is 72.7 Å². The van der Waals surface area contributed by atoms with Gasteiger partial charge in [0.05, 0.1) is 19.2 Å². The van der Waals surface area contributed by atoms with Gasteiger partial charge in [0.1, 0.15) is 17.5 Å². The Hall–Kier alpha value is -3.85. The van der Waals surface area contributed by atoms with Gasteiger partial charge in [0.2, 0.25) is 5.88 Å². The molecule has 188 valence electrons. The van der Waals surface area contributed by atoms with Crippen molar-refractivity contribution in [3.63, 3.8) is 0 Å². The first-order valence-electron chi connectivity index (χ1n) is 11.8. The van der Waals surface area contributed by atoms with Crippen LogP contribution in [0.1, 0.15) is 34.6 Å². The second-order valence-corrected chi connectivity index (χ2v) is 9.13. The van der Waals surface area contributed by atoms with Crippen molar-refractivity contribution in [3.8, 4) is 17.0 Å². The maximum Gasteiger partial charge on any atom is 0.259 e. The van der Waals surface area contributed by atoms with E-state index < -0.39 is 12.1 Å². The summed E-state index contributed by atoms with van der Waals surface area (Å²) in [6.07, 6.45) is 4.24. The highest BCUT2D eigenvalue weighted by molar-refractivity contribution is 5.98. The van der Waals surface area contributed by atoms with Crippen LogP contribution in [-0.2, 0) is 0 Å². The van der Waals surface area contributed by atoms with Crippen molar-refractivity contribution in [1.82, 2.24) is 19.8 Å². The zero-order chi connectivity index (χ0) is 25.8. The number of aromatic nitrogens is 2. The van der Waals surface area contributed by atoms with E-state index in [-0.39, 0.29) is 48.1 Å². The number of nitrogens with zero attached hydrogens (tertiary/aromatic N) is 4. The first-order valence-corrected chi connectivity index (χ1v) is 11.8. The second kappa shape index (κ2) is 10.8. The highest BCUT2D eigenvalue weighted by Gasteiger charge is 2.35. The Kier molecular flexibility index (Phi) is 7.59. The van der Waals surface area contributed by atoms with Crippen LogP contribution in [0.15, 0.2) is 61.1 Å². The Morgan fingerprint density at radius 3 is 2.58 bits per heavy atom. The molecule has 0 unspecified atom stereocenters. The van der Waals surface area contributed by atoms with Crippen molar-refractivity contribution in [1.29, 1.82) is 0 Å². The number of benzene rings is 1. The van der Waals surface area contributed by atoms with Crippen molar-refractivity contribution in [2.45, 2.75) is 26.0 Å². The van der Waals surface area contributed by atoms with E-state index in [1.165, 1.54) is 12.1 Å². The molecule has 3 aromatic rings. The third-order valence-electron chi connectivity index (χ3n) is 6.43. The van der Waals surface area contributed by atoms with E-state index in [0.717, 1.165) is 0 Å². The van der Waals surface area contributed by atoms with Gasteiger partial charge in [-0.05, 0) is 42.8 Å². The number of carbonyl (C=O) groups is 2. The maximum absolute atomic E-state index is 13.6. The first kappa shape index (κ1) is 25.2. The van der Waals surface area contributed by atoms with E-state index in [0.29, 0.717) is 23.2 Å². The molecule has 2 amide bonds. The normalized spacial score (nSPS) is 18.5. The molecule has 3 heterocycles. The molecular weight excluding hydrogens is 463 g/mol. The predicted octanol–water partition coefficient (Wildman–Crippen LogP) is 3.28. The lowest BCUT2D eigenvalue weighted by Crippen LogP contribution is -2.50. The van der Waals surface area contributed by atoms with Gasteiger partial charge >= 0.3 is 0 Å². The molecule has 1 aromatic carbocycles. The summed E-state index contributed by atoms with van der Waals surface area (Å²) in [6, 6.07) is 10.5. The Morgan fingerprint density at radius 1 is 1.22 bits per heavy atom. The van der Waals surface area contributed by atoms with E-state index in [4.69, 9.17) is 4.74 Å². The van der Waals surface area contributed by atoms with Crippen molar-refractivity contribution in [3.05, 3.63) is 78.0 Å². The molecule has 1 aliphatic rings. The molecule has 0 aliphatic carbocycles. The minimum atomic E-state index is -0.467. The molecule has 2 aromatic heterocycles. The number of likely N-dealkylation sites (N-methyl/N-ethyl adjacent to an activating group) is 1. The average molecular weight is 493 g/mol. The Morgan fingerprint density at radius 2 is 1.92 bits per heavy atom. The van der Waals surface area contributed by atoms with Gasteiger partial charge < -0.3 is 19.6 Å². The summed E-state index contributed by atoms with van der Waals surface area (Å²) in [5.74, 6) is -0.853. The van der Waals surface area contributed by atoms with E-state index in [2.05, 4.69) is 9.97 Å². The summed E-state index contributed by atoms with van der Waals surface area (Å²) < 4.78 is 19.7. The van der Waals surface area contributed by atoms with Gasteiger partial charge in [0.25, 0.3) is 11.8 Å². The van der Waals surface area contributed by atoms with E-state index in [1.807, 2.05) is 6.92 Å². The Labute approximate surface area is 209 Å². The lowest BCUT2D eigenvalue weighted by molar-refractivity contribution is 0.0313. The van der Waals surface area contributed by atoms with Crippen LogP contribution in [0.3, 0.4) is 0 Å². The summed E-state index contributed by atoms with van der Waals surface area (Å²) in [5, 5.41) is 9.84. The number of aliphatic hydroxyl groups is 1. The lowest BCUT2D eigenvalue weighted by Gasteiger charge is -2.37. The molecule has 9 heteroatoms. The number of ether oxygens (including phenoxy) is 1. The SMILES string of the molecule is C[C@H]1CN([C@@H](C)CO)C(=O)c2cc(-c3ccc(F)cc3)cnc2O[C@H]1CN(C)C(=O)c1ccncc1. The highest BCUT2D eigenvalue weighted by Crippen LogP contribution is 2.30. The number of aliphatic hydroxyl groups excluding tert-OH is 1. The predicted molar refractivity (Wildman–Crippen MR) is 132 cm³/mol. The fourth-order valence-corrected chi connectivity index (χ4v) is 4.19. The Bertz CT molecular complexity index is 1220. The molecule has 1 aliphatic heterocycles. The number of pyridine rings is 2. The van der Waals surface area contributed by atoms with Crippen LogP contribution in [0.25, 0.3) is 11.1 Å². The second-order valence-electron chi connectivity index (χ2n) is 9.13. The number of amides is 2. The number of fused-ring (bicyclic) bond motifs is 1. The number of hydrogen-bond acceptors (Lipinski definition) is 6. The van der Waals surface area contributed by atoms with Crippen LogP contribution in [0.4, 0.5) is 4.39 Å². The summed E-state index contributed by atoms with van der Waals surface area (Å²) in [4.78, 5) is 38.1. The molecule has 0 spiro atoms. The molecule has 3 atom stereocenters. The third kappa shape index (κ3) is 5.36. The number of carbonyl (C=O) groups excluding carboxylic acids is 2. The van der Waals surface area contributed by atoms with Crippen LogP contribution in [0, 0.1) is 11.7 Å². The van der Waals surface area contributed by atoms with Gasteiger partial charge in [-0.15, -0.1) is 0 Å². The number of rotatable bonds is 6. The molecule has 1 N–H and O–H groups in total. The maximum atomic E-state index is 13.6. The van der Waals surface area contributed by atoms with Crippen LogP contribution >= 0.6 is 0 Å². The molecule has 0 bridgehead atoms. The largest absolute Gasteiger partial charge is 0.472 e. The van der Waals surface area contributed by atoms with Gasteiger partial charge in [-0.25, -0.2) is 9.37 Å². The molecule has 36 heavy (non-hydrogen) atoms. The van der Waals surface area contributed by atoms with Crippen LogP contribution in [-0.4, -0.2) is 75.6 Å². The van der Waals surface area contributed by atoms with Gasteiger partial charge in [0.15, 0.2) is 0 Å².